The molecule has 1 aliphatic heterocycles. The molecule has 1 N–H and O–H groups in total. The molecule has 4 heteroatoms. The van der Waals surface area contributed by atoms with Crippen molar-refractivity contribution in [2.75, 3.05) is 20.2 Å². The summed E-state index contributed by atoms with van der Waals surface area (Å²) < 4.78 is 5.75. The standard InChI is InChI=1S/C13H22N2O2/c1-15(10-4-5-10)12(16)8-14-11-6-7-17-13(11)9-2-3-9/h9-11,13-14H,2-8H2,1H3. The van der Waals surface area contributed by atoms with Crippen LogP contribution in [0.1, 0.15) is 32.1 Å². The Morgan fingerprint density at radius 1 is 1.29 bits per heavy atom. The monoisotopic (exact) mass is 238 g/mol. The van der Waals surface area contributed by atoms with Crippen molar-refractivity contribution < 1.29 is 9.53 Å². The van der Waals surface area contributed by atoms with E-state index >= 15 is 0 Å². The Balaban J connectivity index is 1.44. The van der Waals surface area contributed by atoms with E-state index in [2.05, 4.69) is 5.32 Å². The molecule has 2 aliphatic carbocycles. The highest BCUT2D eigenvalue weighted by atomic mass is 16.5. The molecular formula is C13H22N2O2. The minimum atomic E-state index is 0.231. The zero-order valence-electron chi connectivity index (χ0n) is 10.5. The fraction of sp³-hybridized carbons (Fsp3) is 0.923. The molecule has 1 heterocycles. The lowest BCUT2D eigenvalue weighted by Gasteiger charge is -2.22. The van der Waals surface area contributed by atoms with E-state index in [1.54, 1.807) is 0 Å². The van der Waals surface area contributed by atoms with Crippen LogP contribution in [0.4, 0.5) is 0 Å². The van der Waals surface area contributed by atoms with Crippen molar-refractivity contribution in [1.29, 1.82) is 0 Å². The van der Waals surface area contributed by atoms with Gasteiger partial charge < -0.3 is 15.0 Å². The lowest BCUT2D eigenvalue weighted by molar-refractivity contribution is -0.129. The first-order valence-corrected chi connectivity index (χ1v) is 6.86. The van der Waals surface area contributed by atoms with Crippen LogP contribution in [0.3, 0.4) is 0 Å². The third kappa shape index (κ3) is 2.63. The van der Waals surface area contributed by atoms with Gasteiger partial charge in [0.2, 0.25) is 5.91 Å². The molecule has 3 fully saturated rings. The van der Waals surface area contributed by atoms with Crippen molar-refractivity contribution in [3.63, 3.8) is 0 Å². The number of hydrogen-bond donors (Lipinski definition) is 1. The number of hydrogen-bond acceptors (Lipinski definition) is 3. The first kappa shape index (κ1) is 11.5. The molecule has 2 atom stereocenters. The topological polar surface area (TPSA) is 41.6 Å². The molecule has 3 rings (SSSR count). The molecule has 96 valence electrons. The molecule has 4 nitrogen and oxygen atoms in total. The highest BCUT2D eigenvalue weighted by molar-refractivity contribution is 5.78. The fourth-order valence-corrected chi connectivity index (χ4v) is 2.73. The van der Waals surface area contributed by atoms with Gasteiger partial charge in [0.25, 0.3) is 0 Å². The van der Waals surface area contributed by atoms with Crippen molar-refractivity contribution in [2.45, 2.75) is 50.3 Å². The number of carbonyl (C=O) groups excluding carboxylic acids is 1. The van der Waals surface area contributed by atoms with Gasteiger partial charge in [0.15, 0.2) is 0 Å². The van der Waals surface area contributed by atoms with E-state index in [4.69, 9.17) is 4.74 Å². The lowest BCUT2D eigenvalue weighted by atomic mass is 10.1. The second-order valence-electron chi connectivity index (χ2n) is 5.68. The molecule has 0 spiro atoms. The summed E-state index contributed by atoms with van der Waals surface area (Å²) in [6.07, 6.45) is 6.40. The van der Waals surface area contributed by atoms with Crippen LogP contribution >= 0.6 is 0 Å². The van der Waals surface area contributed by atoms with E-state index in [0.717, 1.165) is 18.9 Å². The van der Waals surface area contributed by atoms with Crippen LogP contribution in [-0.2, 0) is 9.53 Å². The second kappa shape index (κ2) is 4.58. The first-order valence-electron chi connectivity index (χ1n) is 6.86. The summed E-state index contributed by atoms with van der Waals surface area (Å²) in [4.78, 5) is 13.8. The Bertz CT molecular complexity index is 300. The molecular weight excluding hydrogens is 216 g/mol. The number of nitrogens with one attached hydrogen (secondary N) is 1. The summed E-state index contributed by atoms with van der Waals surface area (Å²) in [5.74, 6) is 0.986. The molecule has 3 aliphatic rings. The Morgan fingerprint density at radius 3 is 2.71 bits per heavy atom. The Kier molecular flexibility index (Phi) is 3.09. The van der Waals surface area contributed by atoms with Gasteiger partial charge in [-0.1, -0.05) is 0 Å². The summed E-state index contributed by atoms with van der Waals surface area (Å²) >= 11 is 0. The van der Waals surface area contributed by atoms with E-state index in [1.165, 1.54) is 25.7 Å². The van der Waals surface area contributed by atoms with Gasteiger partial charge in [0.1, 0.15) is 0 Å². The predicted molar refractivity (Wildman–Crippen MR) is 64.7 cm³/mol. The maximum atomic E-state index is 11.9. The summed E-state index contributed by atoms with van der Waals surface area (Å²) in [6.45, 7) is 1.33. The highest BCUT2D eigenvalue weighted by Gasteiger charge is 2.40. The van der Waals surface area contributed by atoms with Gasteiger partial charge in [0.05, 0.1) is 12.6 Å². The SMILES string of the molecule is CN(C(=O)CNC1CCOC1C1CC1)C1CC1. The van der Waals surface area contributed by atoms with Crippen molar-refractivity contribution in [3.05, 3.63) is 0 Å². The van der Waals surface area contributed by atoms with Crippen LogP contribution in [0.2, 0.25) is 0 Å². The normalized spacial score (nSPS) is 32.8. The third-order valence-electron chi connectivity index (χ3n) is 4.23. The molecule has 0 aromatic rings. The van der Waals surface area contributed by atoms with Gasteiger partial charge in [-0.3, -0.25) is 4.79 Å². The van der Waals surface area contributed by atoms with Gasteiger partial charge in [-0.05, 0) is 38.0 Å². The summed E-state index contributed by atoms with van der Waals surface area (Å²) in [5.41, 5.74) is 0. The molecule has 0 aromatic carbocycles. The van der Waals surface area contributed by atoms with Crippen LogP contribution < -0.4 is 5.32 Å². The van der Waals surface area contributed by atoms with Gasteiger partial charge >= 0.3 is 0 Å². The molecule has 2 saturated carbocycles. The zero-order valence-corrected chi connectivity index (χ0v) is 10.5. The van der Waals surface area contributed by atoms with Crippen molar-refractivity contribution in [2.24, 2.45) is 5.92 Å². The minimum absolute atomic E-state index is 0.231. The summed E-state index contributed by atoms with van der Waals surface area (Å²) in [6, 6.07) is 0.919. The Hall–Kier alpha value is -0.610. The number of likely N-dealkylation sites (N-methyl/N-ethyl adjacent to an activating group) is 1. The largest absolute Gasteiger partial charge is 0.376 e. The zero-order chi connectivity index (χ0) is 11.8. The molecule has 0 aromatic heterocycles. The summed E-state index contributed by atoms with van der Waals surface area (Å²) in [5, 5.41) is 3.40. The number of carbonyl (C=O) groups is 1. The molecule has 2 unspecified atom stereocenters. The van der Waals surface area contributed by atoms with Crippen molar-refractivity contribution >= 4 is 5.91 Å². The number of amides is 1. The smallest absolute Gasteiger partial charge is 0.236 e. The predicted octanol–water partition coefficient (Wildman–Crippen LogP) is 0.764. The van der Waals surface area contributed by atoms with Gasteiger partial charge in [-0.15, -0.1) is 0 Å². The second-order valence-corrected chi connectivity index (χ2v) is 5.68. The first-order chi connectivity index (χ1) is 8.25. The molecule has 17 heavy (non-hydrogen) atoms. The Labute approximate surface area is 103 Å². The van der Waals surface area contributed by atoms with Crippen molar-refractivity contribution in [3.8, 4) is 0 Å². The molecule has 0 bridgehead atoms. The molecule has 0 radical (unpaired) electrons. The van der Waals surface area contributed by atoms with E-state index < -0.39 is 0 Å². The van der Waals surface area contributed by atoms with Crippen LogP contribution in [0.25, 0.3) is 0 Å². The number of nitrogens with zero attached hydrogens (tertiary/aromatic N) is 1. The van der Waals surface area contributed by atoms with Crippen molar-refractivity contribution in [1.82, 2.24) is 10.2 Å². The van der Waals surface area contributed by atoms with Gasteiger partial charge in [-0.25, -0.2) is 0 Å². The van der Waals surface area contributed by atoms with E-state index in [9.17, 15) is 4.79 Å². The van der Waals surface area contributed by atoms with Crippen LogP contribution in [0.15, 0.2) is 0 Å². The van der Waals surface area contributed by atoms with E-state index in [0.29, 0.717) is 24.7 Å². The Morgan fingerprint density at radius 2 is 2.06 bits per heavy atom. The van der Waals surface area contributed by atoms with Crippen LogP contribution in [-0.4, -0.2) is 49.2 Å². The van der Waals surface area contributed by atoms with E-state index in [1.807, 2.05) is 11.9 Å². The summed E-state index contributed by atoms with van der Waals surface area (Å²) in [7, 11) is 1.92. The fourth-order valence-electron chi connectivity index (χ4n) is 2.73. The number of rotatable bonds is 5. The maximum Gasteiger partial charge on any atom is 0.236 e. The van der Waals surface area contributed by atoms with Gasteiger partial charge in [0, 0.05) is 25.7 Å². The third-order valence-corrected chi connectivity index (χ3v) is 4.23. The number of ether oxygens (including phenoxy) is 1. The van der Waals surface area contributed by atoms with Crippen LogP contribution in [0, 0.1) is 5.92 Å². The quantitative estimate of drug-likeness (QED) is 0.769. The lowest BCUT2D eigenvalue weighted by Crippen LogP contribution is -2.44. The van der Waals surface area contributed by atoms with Crippen LogP contribution in [0.5, 0.6) is 0 Å². The average Bonchev–Trinajstić information content (AvgIpc) is 3.23. The molecule has 1 amide bonds. The van der Waals surface area contributed by atoms with Gasteiger partial charge in [-0.2, -0.15) is 0 Å². The highest BCUT2D eigenvalue weighted by Crippen LogP contribution is 2.38. The minimum Gasteiger partial charge on any atom is -0.376 e. The maximum absolute atomic E-state index is 11.9. The van der Waals surface area contributed by atoms with E-state index in [-0.39, 0.29) is 5.91 Å². The average molecular weight is 238 g/mol. The molecule has 1 saturated heterocycles.